The van der Waals surface area contributed by atoms with Crippen LogP contribution >= 0.6 is 11.8 Å². The van der Waals surface area contributed by atoms with Gasteiger partial charge in [0.1, 0.15) is 5.92 Å². The summed E-state index contributed by atoms with van der Waals surface area (Å²) in [4.78, 5) is 31.7. The summed E-state index contributed by atoms with van der Waals surface area (Å²) in [6, 6.07) is 1.03. The molecule has 1 aromatic rings. The number of urea groups is 1. The van der Waals surface area contributed by atoms with Crippen molar-refractivity contribution in [2.24, 2.45) is 5.92 Å². The Morgan fingerprint density at radius 1 is 1.48 bits per heavy atom. The van der Waals surface area contributed by atoms with Gasteiger partial charge in [0, 0.05) is 24.1 Å². The molecule has 7 nitrogen and oxygen atoms in total. The highest BCUT2D eigenvalue weighted by Crippen LogP contribution is 2.24. The predicted molar refractivity (Wildman–Crippen MR) is 77.2 cm³/mol. The van der Waals surface area contributed by atoms with Crippen LogP contribution in [0.3, 0.4) is 0 Å². The summed E-state index contributed by atoms with van der Waals surface area (Å²) < 4.78 is 5.06. The van der Waals surface area contributed by atoms with Crippen LogP contribution in [-0.4, -0.2) is 34.6 Å². The highest BCUT2D eigenvalue weighted by Gasteiger charge is 2.36. The number of ether oxygens (including phenoxy) is 1. The molecule has 2 rings (SSSR count). The Balaban J connectivity index is 2.18. The molecule has 21 heavy (non-hydrogen) atoms. The molecule has 0 bridgehead atoms. The number of rotatable bonds is 4. The van der Waals surface area contributed by atoms with E-state index in [1.54, 1.807) is 37.7 Å². The van der Waals surface area contributed by atoms with E-state index >= 15 is 0 Å². The smallest absolute Gasteiger partial charge is 0.319 e. The molecule has 2 heterocycles. The van der Waals surface area contributed by atoms with Crippen molar-refractivity contribution in [2.75, 3.05) is 6.61 Å². The van der Waals surface area contributed by atoms with E-state index in [0.717, 1.165) is 0 Å². The van der Waals surface area contributed by atoms with Crippen molar-refractivity contribution in [3.63, 3.8) is 0 Å². The summed E-state index contributed by atoms with van der Waals surface area (Å²) in [5.74, 6) is -0.947. The zero-order chi connectivity index (χ0) is 15.2. The zero-order valence-corrected chi connectivity index (χ0v) is 12.5. The maximum absolute atomic E-state index is 12.0. The van der Waals surface area contributed by atoms with Gasteiger partial charge in [0.15, 0.2) is 5.16 Å². The summed E-state index contributed by atoms with van der Waals surface area (Å²) in [6.45, 7) is 3.80. The summed E-state index contributed by atoms with van der Waals surface area (Å²) in [6.07, 6.45) is 3.25. The van der Waals surface area contributed by atoms with Crippen molar-refractivity contribution >= 4 is 23.8 Å². The van der Waals surface area contributed by atoms with E-state index in [1.165, 1.54) is 11.8 Å². The zero-order valence-electron chi connectivity index (χ0n) is 11.7. The fraction of sp³-hybridized carbons (Fsp3) is 0.385. The molecule has 0 spiro atoms. The summed E-state index contributed by atoms with van der Waals surface area (Å²) in [5, 5.41) is 7.51. The van der Waals surface area contributed by atoms with Gasteiger partial charge in [-0.1, -0.05) is 11.8 Å². The second-order valence-corrected chi connectivity index (χ2v) is 5.18. The first-order chi connectivity index (χ1) is 10.1. The van der Waals surface area contributed by atoms with Crippen molar-refractivity contribution < 1.29 is 14.3 Å². The number of amides is 2. The third-order valence-electron chi connectivity index (χ3n) is 2.83. The van der Waals surface area contributed by atoms with E-state index in [9.17, 15) is 9.59 Å². The van der Waals surface area contributed by atoms with Gasteiger partial charge in [-0.25, -0.2) is 14.8 Å². The van der Waals surface area contributed by atoms with Gasteiger partial charge in [-0.05, 0) is 25.3 Å². The van der Waals surface area contributed by atoms with Crippen LogP contribution in [-0.2, 0) is 9.53 Å². The minimum atomic E-state index is -0.570. The summed E-state index contributed by atoms with van der Waals surface area (Å²) >= 11 is 1.24. The van der Waals surface area contributed by atoms with Gasteiger partial charge >= 0.3 is 12.0 Å². The molecular weight excluding hydrogens is 292 g/mol. The van der Waals surface area contributed by atoms with Gasteiger partial charge in [-0.3, -0.25) is 4.79 Å². The normalized spacial score (nSPS) is 23.3. The van der Waals surface area contributed by atoms with E-state index in [0.29, 0.717) is 10.9 Å². The fourth-order valence-electron chi connectivity index (χ4n) is 1.93. The number of aromatic nitrogens is 2. The monoisotopic (exact) mass is 308 g/mol. The van der Waals surface area contributed by atoms with Crippen molar-refractivity contribution in [1.82, 2.24) is 20.6 Å². The molecule has 1 fully saturated rings. The molecule has 1 aromatic heterocycles. The van der Waals surface area contributed by atoms with Crippen molar-refractivity contribution in [3.8, 4) is 0 Å². The lowest BCUT2D eigenvalue weighted by Gasteiger charge is -2.30. The van der Waals surface area contributed by atoms with Crippen LogP contribution in [0.1, 0.15) is 13.8 Å². The third kappa shape index (κ3) is 3.94. The van der Waals surface area contributed by atoms with Gasteiger partial charge in [0.25, 0.3) is 0 Å². The molecule has 2 N–H and O–H groups in total. The van der Waals surface area contributed by atoms with Crippen LogP contribution in [0.5, 0.6) is 0 Å². The second kappa shape index (κ2) is 7.07. The number of carbonyl (C=O) groups excluding carboxylic acids is 2. The van der Waals surface area contributed by atoms with Crippen LogP contribution in [0.2, 0.25) is 0 Å². The predicted octanol–water partition coefficient (Wildman–Crippen LogP) is 1.29. The van der Waals surface area contributed by atoms with Crippen molar-refractivity contribution in [1.29, 1.82) is 0 Å². The average Bonchev–Trinajstić information content (AvgIpc) is 2.45. The number of thioether (sulfide) groups is 1. The van der Waals surface area contributed by atoms with E-state index in [-0.39, 0.29) is 24.6 Å². The Morgan fingerprint density at radius 3 is 2.86 bits per heavy atom. The van der Waals surface area contributed by atoms with Gasteiger partial charge in [-0.15, -0.1) is 0 Å². The first-order valence-corrected chi connectivity index (χ1v) is 7.37. The van der Waals surface area contributed by atoms with Crippen molar-refractivity contribution in [2.45, 2.75) is 25.0 Å². The second-order valence-electron chi connectivity index (χ2n) is 4.34. The maximum atomic E-state index is 12.0. The molecule has 1 aliphatic rings. The highest BCUT2D eigenvalue weighted by atomic mass is 32.2. The van der Waals surface area contributed by atoms with E-state index in [2.05, 4.69) is 20.6 Å². The van der Waals surface area contributed by atoms with Crippen LogP contribution in [0.15, 0.2) is 34.7 Å². The quantitative estimate of drug-likeness (QED) is 0.494. The number of carbonyl (C=O) groups is 2. The SMILES string of the molecule is CCOC(=O)[C@@H]1/C(=C\Sc2ncccn2)NC(=O)N[C@@H]1C. The summed E-state index contributed by atoms with van der Waals surface area (Å²) in [7, 11) is 0. The molecule has 0 aliphatic carbocycles. The van der Waals surface area contributed by atoms with E-state index in [1.807, 2.05) is 0 Å². The highest BCUT2D eigenvalue weighted by molar-refractivity contribution is 8.02. The standard InChI is InChI=1S/C13H16N4O3S/c1-3-20-11(18)10-8(2)16-12(19)17-9(10)7-21-13-14-5-4-6-15-13/h4-8,10H,3H2,1-2H3,(H2,16,17,19)/b9-7+/t8-,10+/m1/s1. The van der Waals surface area contributed by atoms with Crippen LogP contribution in [0.4, 0.5) is 4.79 Å². The molecule has 2 atom stereocenters. The van der Waals surface area contributed by atoms with Crippen molar-refractivity contribution in [3.05, 3.63) is 29.6 Å². The van der Waals surface area contributed by atoms with Gasteiger partial charge in [-0.2, -0.15) is 0 Å². The fourth-order valence-corrected chi connectivity index (χ4v) is 2.61. The lowest BCUT2D eigenvalue weighted by molar-refractivity contribution is -0.147. The number of nitrogens with one attached hydrogen (secondary N) is 2. The molecule has 1 aliphatic heterocycles. The topological polar surface area (TPSA) is 93.2 Å². The number of nitrogens with zero attached hydrogens (tertiary/aromatic N) is 2. The van der Waals surface area contributed by atoms with E-state index < -0.39 is 5.92 Å². The lowest BCUT2D eigenvalue weighted by atomic mass is 9.96. The first-order valence-electron chi connectivity index (χ1n) is 6.49. The Hall–Kier alpha value is -2.09. The molecular formula is C13H16N4O3S. The Kier molecular flexibility index (Phi) is 5.15. The van der Waals surface area contributed by atoms with Crippen LogP contribution in [0.25, 0.3) is 0 Å². The van der Waals surface area contributed by atoms with Gasteiger partial charge in [0.2, 0.25) is 0 Å². The number of hydrogen-bond acceptors (Lipinski definition) is 6. The molecule has 1 saturated heterocycles. The molecule has 2 amide bonds. The molecule has 0 radical (unpaired) electrons. The van der Waals surface area contributed by atoms with Gasteiger partial charge in [0.05, 0.1) is 6.61 Å². The molecule has 0 saturated carbocycles. The molecule has 0 unspecified atom stereocenters. The average molecular weight is 308 g/mol. The number of esters is 1. The molecule has 8 heteroatoms. The Bertz CT molecular complexity index is 550. The summed E-state index contributed by atoms with van der Waals surface area (Å²) in [5.41, 5.74) is 0.488. The van der Waals surface area contributed by atoms with E-state index in [4.69, 9.17) is 4.74 Å². The van der Waals surface area contributed by atoms with Crippen LogP contribution in [0, 0.1) is 5.92 Å². The first kappa shape index (κ1) is 15.3. The molecule has 0 aromatic carbocycles. The minimum Gasteiger partial charge on any atom is -0.465 e. The third-order valence-corrected chi connectivity index (χ3v) is 3.62. The lowest BCUT2D eigenvalue weighted by Crippen LogP contribution is -2.54. The van der Waals surface area contributed by atoms with Crippen LogP contribution < -0.4 is 10.6 Å². The number of hydrogen-bond donors (Lipinski definition) is 2. The van der Waals surface area contributed by atoms with Gasteiger partial charge < -0.3 is 15.4 Å². The largest absolute Gasteiger partial charge is 0.465 e. The Labute approximate surface area is 126 Å². The Morgan fingerprint density at radius 2 is 2.19 bits per heavy atom. The minimum absolute atomic E-state index is 0.290. The maximum Gasteiger partial charge on any atom is 0.319 e. The molecule has 112 valence electrons.